The topological polar surface area (TPSA) is 76.7 Å². The molecule has 0 saturated heterocycles. The number of hydrogen-bond donors (Lipinski definition) is 2. The zero-order valence-corrected chi connectivity index (χ0v) is 16.3. The Kier molecular flexibility index (Phi) is 4.78. The average Bonchev–Trinajstić information content (AvgIpc) is 2.66. The van der Waals surface area contributed by atoms with Gasteiger partial charge in [0.15, 0.2) is 11.5 Å². The second-order valence-corrected chi connectivity index (χ2v) is 7.49. The van der Waals surface area contributed by atoms with E-state index in [1.807, 2.05) is 43.3 Å². The van der Waals surface area contributed by atoms with Crippen molar-refractivity contribution in [1.29, 1.82) is 0 Å². The van der Waals surface area contributed by atoms with Crippen LogP contribution in [0.25, 0.3) is 0 Å². The predicted octanol–water partition coefficient (Wildman–Crippen LogP) is 3.52. The van der Waals surface area contributed by atoms with Crippen molar-refractivity contribution in [3.05, 3.63) is 52.0 Å². The molecule has 2 aromatic carbocycles. The van der Waals surface area contributed by atoms with E-state index < -0.39 is 5.92 Å². The highest BCUT2D eigenvalue weighted by Crippen LogP contribution is 2.38. The molecule has 7 heteroatoms. The molecule has 0 fully saturated rings. The number of benzene rings is 2. The molecule has 140 valence electrons. The summed E-state index contributed by atoms with van der Waals surface area (Å²) in [6.07, 6.45) is 0.137. The highest BCUT2D eigenvalue weighted by Gasteiger charge is 2.31. The van der Waals surface area contributed by atoms with Gasteiger partial charge in [-0.25, -0.2) is 0 Å². The van der Waals surface area contributed by atoms with Crippen LogP contribution in [-0.2, 0) is 9.59 Å². The Morgan fingerprint density at radius 2 is 1.93 bits per heavy atom. The van der Waals surface area contributed by atoms with Crippen LogP contribution in [0.1, 0.15) is 36.4 Å². The fraction of sp³-hybridized carbons (Fsp3) is 0.300. The Balaban J connectivity index is 1.56. The summed E-state index contributed by atoms with van der Waals surface area (Å²) in [7, 11) is 0. The van der Waals surface area contributed by atoms with Crippen LogP contribution in [0.3, 0.4) is 0 Å². The molecule has 0 aromatic heterocycles. The van der Waals surface area contributed by atoms with Gasteiger partial charge in [-0.2, -0.15) is 0 Å². The van der Waals surface area contributed by atoms with Crippen molar-refractivity contribution in [2.45, 2.75) is 25.3 Å². The van der Waals surface area contributed by atoms with Crippen LogP contribution in [0, 0.1) is 0 Å². The first kappa shape index (κ1) is 17.9. The van der Waals surface area contributed by atoms with E-state index in [2.05, 4.69) is 26.6 Å². The third kappa shape index (κ3) is 3.51. The van der Waals surface area contributed by atoms with Gasteiger partial charge in [0, 0.05) is 16.6 Å². The van der Waals surface area contributed by atoms with E-state index in [-0.39, 0.29) is 24.3 Å². The van der Waals surface area contributed by atoms with Gasteiger partial charge in [-0.1, -0.05) is 34.1 Å². The number of ether oxygens (including phenoxy) is 2. The molecule has 2 aromatic rings. The van der Waals surface area contributed by atoms with E-state index >= 15 is 0 Å². The first-order chi connectivity index (χ1) is 13.0. The first-order valence-corrected chi connectivity index (χ1v) is 9.60. The molecule has 0 radical (unpaired) electrons. The lowest BCUT2D eigenvalue weighted by Crippen LogP contribution is -2.36. The summed E-state index contributed by atoms with van der Waals surface area (Å²) in [5, 5.41) is 5.85. The molecular weight excluding hydrogens is 412 g/mol. The molecule has 4 rings (SSSR count). The molecule has 2 atom stereocenters. The molecule has 0 spiro atoms. The summed E-state index contributed by atoms with van der Waals surface area (Å²) < 4.78 is 12.1. The number of halogens is 1. The summed E-state index contributed by atoms with van der Waals surface area (Å²) in [4.78, 5) is 24.9. The van der Waals surface area contributed by atoms with Crippen molar-refractivity contribution in [2.75, 3.05) is 18.5 Å². The highest BCUT2D eigenvalue weighted by molar-refractivity contribution is 9.10. The van der Waals surface area contributed by atoms with Crippen molar-refractivity contribution < 1.29 is 19.1 Å². The van der Waals surface area contributed by atoms with Crippen molar-refractivity contribution in [3.8, 4) is 11.5 Å². The number of carbonyl (C=O) groups is 2. The van der Waals surface area contributed by atoms with E-state index in [0.29, 0.717) is 30.4 Å². The zero-order chi connectivity index (χ0) is 19.0. The minimum Gasteiger partial charge on any atom is -0.486 e. The fourth-order valence-electron chi connectivity index (χ4n) is 3.45. The normalized spacial score (nSPS) is 18.9. The van der Waals surface area contributed by atoms with Crippen LogP contribution in [-0.4, -0.2) is 25.0 Å². The fourth-order valence-corrected chi connectivity index (χ4v) is 4.11. The van der Waals surface area contributed by atoms with Crippen molar-refractivity contribution in [3.63, 3.8) is 0 Å². The Morgan fingerprint density at radius 1 is 1.22 bits per heavy atom. The van der Waals surface area contributed by atoms with Gasteiger partial charge in [0.25, 0.3) is 0 Å². The minimum absolute atomic E-state index is 0.137. The molecular formula is C20H19BrN2O4. The average molecular weight is 431 g/mol. The Hall–Kier alpha value is -2.54. The molecule has 6 nitrogen and oxygen atoms in total. The van der Waals surface area contributed by atoms with Gasteiger partial charge in [-0.15, -0.1) is 0 Å². The van der Waals surface area contributed by atoms with E-state index in [1.54, 1.807) is 0 Å². The Bertz CT molecular complexity index is 915. The molecule has 27 heavy (non-hydrogen) atoms. The largest absolute Gasteiger partial charge is 0.486 e. The molecule has 0 bridgehead atoms. The summed E-state index contributed by atoms with van der Waals surface area (Å²) in [6.45, 7) is 2.93. The summed E-state index contributed by atoms with van der Waals surface area (Å²) in [5.74, 6) is 0.526. The monoisotopic (exact) mass is 430 g/mol. The van der Waals surface area contributed by atoms with E-state index in [0.717, 1.165) is 15.6 Å². The quantitative estimate of drug-likeness (QED) is 0.780. The molecule has 2 unspecified atom stereocenters. The number of rotatable bonds is 3. The van der Waals surface area contributed by atoms with E-state index in [9.17, 15) is 9.59 Å². The minimum atomic E-state index is -0.506. The standard InChI is InChI=1S/C20H19BrN2O4/c1-11(13-8-17-18(10-15(13)21)27-7-6-26-17)22-20(25)14-9-19(24)23-16-5-3-2-4-12(14)16/h2-5,8,10-11,14H,6-7,9H2,1H3,(H,22,25)(H,23,24). The van der Waals surface area contributed by atoms with Crippen LogP contribution in [0.4, 0.5) is 5.69 Å². The number of amides is 2. The van der Waals surface area contributed by atoms with Crippen LogP contribution >= 0.6 is 15.9 Å². The number of carbonyl (C=O) groups excluding carboxylic acids is 2. The second kappa shape index (κ2) is 7.23. The lowest BCUT2D eigenvalue weighted by atomic mass is 9.89. The molecule has 2 aliphatic rings. The van der Waals surface area contributed by atoms with Gasteiger partial charge in [0.2, 0.25) is 11.8 Å². The number of anilines is 1. The highest BCUT2D eigenvalue weighted by atomic mass is 79.9. The number of fused-ring (bicyclic) bond motifs is 2. The third-order valence-electron chi connectivity index (χ3n) is 4.80. The number of hydrogen-bond acceptors (Lipinski definition) is 4. The number of nitrogens with one attached hydrogen (secondary N) is 2. The van der Waals surface area contributed by atoms with Gasteiger partial charge in [0.05, 0.1) is 12.0 Å². The van der Waals surface area contributed by atoms with E-state index in [4.69, 9.17) is 9.47 Å². The SMILES string of the molecule is CC(NC(=O)C1CC(=O)Nc2ccccc21)c1cc2c(cc1Br)OCCO2. The van der Waals surface area contributed by atoms with Crippen molar-refractivity contribution in [1.82, 2.24) is 5.32 Å². The third-order valence-corrected chi connectivity index (χ3v) is 5.49. The van der Waals surface area contributed by atoms with Gasteiger partial charge in [-0.05, 0) is 36.2 Å². The lowest BCUT2D eigenvalue weighted by molar-refractivity contribution is -0.126. The maximum atomic E-state index is 12.9. The number of para-hydroxylation sites is 1. The molecule has 0 saturated carbocycles. The van der Waals surface area contributed by atoms with Crippen LogP contribution in [0.5, 0.6) is 11.5 Å². The van der Waals surface area contributed by atoms with Crippen LogP contribution in [0.2, 0.25) is 0 Å². The summed E-state index contributed by atoms with van der Waals surface area (Å²) in [5.41, 5.74) is 2.42. The molecule has 2 amide bonds. The van der Waals surface area contributed by atoms with Crippen molar-refractivity contribution in [2.24, 2.45) is 0 Å². The molecule has 2 heterocycles. The maximum absolute atomic E-state index is 12.9. The summed E-state index contributed by atoms with van der Waals surface area (Å²) >= 11 is 3.55. The van der Waals surface area contributed by atoms with E-state index in [1.165, 1.54) is 0 Å². The summed E-state index contributed by atoms with van der Waals surface area (Å²) in [6, 6.07) is 10.9. The predicted molar refractivity (Wildman–Crippen MR) is 104 cm³/mol. The van der Waals surface area contributed by atoms with Gasteiger partial charge in [-0.3, -0.25) is 9.59 Å². The molecule has 2 aliphatic heterocycles. The second-order valence-electron chi connectivity index (χ2n) is 6.64. The van der Waals surface area contributed by atoms with Crippen LogP contribution in [0.15, 0.2) is 40.9 Å². The van der Waals surface area contributed by atoms with Gasteiger partial charge in [0.1, 0.15) is 13.2 Å². The zero-order valence-electron chi connectivity index (χ0n) is 14.8. The molecule has 0 aliphatic carbocycles. The maximum Gasteiger partial charge on any atom is 0.228 e. The van der Waals surface area contributed by atoms with Gasteiger partial charge >= 0.3 is 0 Å². The van der Waals surface area contributed by atoms with Crippen molar-refractivity contribution >= 4 is 33.4 Å². The Morgan fingerprint density at radius 3 is 2.70 bits per heavy atom. The molecule has 2 N–H and O–H groups in total. The Labute approximate surface area is 165 Å². The van der Waals surface area contributed by atoms with Gasteiger partial charge < -0.3 is 20.1 Å². The first-order valence-electron chi connectivity index (χ1n) is 8.81. The lowest BCUT2D eigenvalue weighted by Gasteiger charge is -2.27. The smallest absolute Gasteiger partial charge is 0.228 e. The van der Waals surface area contributed by atoms with Crippen LogP contribution < -0.4 is 20.1 Å².